The van der Waals surface area contributed by atoms with E-state index in [-0.39, 0.29) is 24.0 Å². The van der Waals surface area contributed by atoms with E-state index >= 15 is 0 Å². The minimum Gasteiger partial charge on any atom is -0.379 e. The quantitative estimate of drug-likeness (QED) is 0.434. The van der Waals surface area contributed by atoms with Crippen LogP contribution in [0.1, 0.15) is 19.0 Å². The van der Waals surface area contributed by atoms with Gasteiger partial charge in [0.05, 0.1) is 25.5 Å². The fourth-order valence-corrected chi connectivity index (χ4v) is 3.25. The summed E-state index contributed by atoms with van der Waals surface area (Å²) in [7, 11) is 0. The van der Waals surface area contributed by atoms with E-state index < -0.39 is 0 Å². The smallest absolute Gasteiger partial charge is 0.194 e. The van der Waals surface area contributed by atoms with Crippen molar-refractivity contribution in [3.05, 3.63) is 30.1 Å². The van der Waals surface area contributed by atoms with E-state index in [9.17, 15) is 0 Å². The van der Waals surface area contributed by atoms with E-state index in [1.54, 1.807) is 0 Å². The molecule has 0 bridgehead atoms. The molecular formula is C17H28IN5O. The fraction of sp³-hybridized carbons (Fsp3) is 0.647. The molecule has 0 spiro atoms. The molecule has 0 aromatic carbocycles. The summed E-state index contributed by atoms with van der Waals surface area (Å²) in [6.45, 7) is 9.59. The molecule has 7 heteroatoms. The third-order valence-corrected chi connectivity index (χ3v) is 4.48. The lowest BCUT2D eigenvalue weighted by Crippen LogP contribution is -2.46. The number of pyridine rings is 1. The van der Waals surface area contributed by atoms with E-state index in [4.69, 9.17) is 9.73 Å². The number of ether oxygens (including phenoxy) is 1. The van der Waals surface area contributed by atoms with Crippen LogP contribution in [0.4, 0.5) is 0 Å². The summed E-state index contributed by atoms with van der Waals surface area (Å²) in [6.07, 6.45) is 3.02. The number of aromatic nitrogens is 1. The minimum absolute atomic E-state index is 0. The monoisotopic (exact) mass is 445 g/mol. The molecule has 2 fully saturated rings. The van der Waals surface area contributed by atoms with Crippen molar-refractivity contribution in [1.29, 1.82) is 0 Å². The zero-order valence-electron chi connectivity index (χ0n) is 14.4. The Balaban J connectivity index is 0.00000208. The number of likely N-dealkylation sites (tertiary alicyclic amines) is 1. The van der Waals surface area contributed by atoms with Gasteiger partial charge in [-0.05, 0) is 25.5 Å². The van der Waals surface area contributed by atoms with Crippen LogP contribution in [0.25, 0.3) is 0 Å². The highest BCUT2D eigenvalue weighted by atomic mass is 127. The normalized spacial score (nSPS) is 22.3. The summed E-state index contributed by atoms with van der Waals surface area (Å²) >= 11 is 0. The van der Waals surface area contributed by atoms with E-state index in [1.807, 2.05) is 24.4 Å². The summed E-state index contributed by atoms with van der Waals surface area (Å²) in [5.41, 5.74) is 1.01. The molecule has 6 nitrogen and oxygen atoms in total. The fourth-order valence-electron chi connectivity index (χ4n) is 3.25. The van der Waals surface area contributed by atoms with Gasteiger partial charge in [-0.2, -0.15) is 0 Å². The van der Waals surface area contributed by atoms with E-state index in [0.717, 1.165) is 57.6 Å². The molecule has 2 saturated heterocycles. The molecule has 1 N–H and O–H groups in total. The molecule has 3 rings (SSSR count). The van der Waals surface area contributed by atoms with Gasteiger partial charge >= 0.3 is 0 Å². The highest BCUT2D eigenvalue weighted by Crippen LogP contribution is 2.17. The van der Waals surface area contributed by atoms with Gasteiger partial charge in [0.15, 0.2) is 5.96 Å². The summed E-state index contributed by atoms with van der Waals surface area (Å²) in [5.74, 6) is 1.01. The Morgan fingerprint density at radius 1 is 1.33 bits per heavy atom. The van der Waals surface area contributed by atoms with E-state index in [0.29, 0.717) is 12.6 Å². The van der Waals surface area contributed by atoms with Crippen molar-refractivity contribution >= 4 is 29.9 Å². The van der Waals surface area contributed by atoms with Crippen LogP contribution in [0.5, 0.6) is 0 Å². The molecule has 2 aliphatic heterocycles. The molecule has 0 radical (unpaired) electrons. The largest absolute Gasteiger partial charge is 0.379 e. The molecule has 3 heterocycles. The minimum atomic E-state index is 0. The Kier molecular flexibility index (Phi) is 8.20. The second kappa shape index (κ2) is 10.1. The van der Waals surface area contributed by atoms with Crippen molar-refractivity contribution in [3.8, 4) is 0 Å². The van der Waals surface area contributed by atoms with Crippen LogP contribution >= 0.6 is 24.0 Å². The standard InChI is InChI=1S/C17H27N5O.HI/c1-2-18-17(20-13-15-5-3-4-7-19-15)22-8-6-16(14-22)21-9-11-23-12-10-21;/h3-5,7,16H,2,6,8-14H2,1H3,(H,18,20);1H. The van der Waals surface area contributed by atoms with E-state index in [2.05, 4.69) is 27.0 Å². The average molecular weight is 445 g/mol. The number of halogens is 1. The number of hydrogen-bond donors (Lipinski definition) is 1. The molecule has 1 unspecified atom stereocenters. The van der Waals surface area contributed by atoms with Crippen molar-refractivity contribution < 1.29 is 4.74 Å². The first-order valence-electron chi connectivity index (χ1n) is 8.62. The molecule has 1 atom stereocenters. The van der Waals surface area contributed by atoms with Gasteiger partial charge in [-0.25, -0.2) is 4.99 Å². The molecule has 24 heavy (non-hydrogen) atoms. The Bertz CT molecular complexity index is 507. The summed E-state index contributed by atoms with van der Waals surface area (Å²) in [6, 6.07) is 6.59. The van der Waals surface area contributed by atoms with Gasteiger partial charge in [-0.3, -0.25) is 9.88 Å². The Labute approximate surface area is 161 Å². The van der Waals surface area contributed by atoms with Crippen LogP contribution in [0, 0.1) is 0 Å². The Morgan fingerprint density at radius 2 is 2.17 bits per heavy atom. The van der Waals surface area contributed by atoms with Crippen LogP contribution < -0.4 is 5.32 Å². The third kappa shape index (κ3) is 5.29. The first-order chi connectivity index (χ1) is 11.4. The lowest BCUT2D eigenvalue weighted by molar-refractivity contribution is 0.0195. The summed E-state index contributed by atoms with van der Waals surface area (Å²) in [5, 5.41) is 3.42. The number of guanidine groups is 1. The van der Waals surface area contributed by atoms with Crippen molar-refractivity contribution in [2.45, 2.75) is 25.9 Å². The van der Waals surface area contributed by atoms with Crippen LogP contribution in [0.15, 0.2) is 29.4 Å². The predicted octanol–water partition coefficient (Wildman–Crippen LogP) is 1.57. The van der Waals surface area contributed by atoms with Crippen LogP contribution in [0.3, 0.4) is 0 Å². The van der Waals surface area contributed by atoms with Gasteiger partial charge in [-0.1, -0.05) is 6.07 Å². The molecule has 0 saturated carbocycles. The molecule has 0 amide bonds. The van der Waals surface area contributed by atoms with Gasteiger partial charge in [-0.15, -0.1) is 24.0 Å². The van der Waals surface area contributed by atoms with Gasteiger partial charge in [0.25, 0.3) is 0 Å². The number of morpholine rings is 1. The Hall–Kier alpha value is -0.930. The average Bonchev–Trinajstić information content (AvgIpc) is 3.10. The van der Waals surface area contributed by atoms with Gasteiger partial charge in [0.1, 0.15) is 0 Å². The van der Waals surface area contributed by atoms with Crippen molar-refractivity contribution in [1.82, 2.24) is 20.1 Å². The second-order valence-electron chi connectivity index (χ2n) is 6.03. The highest BCUT2D eigenvalue weighted by molar-refractivity contribution is 14.0. The van der Waals surface area contributed by atoms with Gasteiger partial charge in [0.2, 0.25) is 0 Å². The van der Waals surface area contributed by atoms with Gasteiger partial charge < -0.3 is 15.0 Å². The number of nitrogens with zero attached hydrogens (tertiary/aromatic N) is 4. The van der Waals surface area contributed by atoms with Crippen LogP contribution in [-0.2, 0) is 11.3 Å². The van der Waals surface area contributed by atoms with E-state index in [1.165, 1.54) is 6.42 Å². The zero-order chi connectivity index (χ0) is 15.9. The van der Waals surface area contributed by atoms with Crippen LogP contribution in [-0.4, -0.2) is 72.7 Å². The second-order valence-corrected chi connectivity index (χ2v) is 6.03. The number of nitrogens with one attached hydrogen (secondary N) is 1. The Morgan fingerprint density at radius 3 is 2.88 bits per heavy atom. The van der Waals surface area contributed by atoms with Gasteiger partial charge in [0, 0.05) is 45.0 Å². The molecule has 134 valence electrons. The summed E-state index contributed by atoms with van der Waals surface area (Å²) in [4.78, 5) is 14.1. The topological polar surface area (TPSA) is 53.0 Å². The molecule has 1 aromatic heterocycles. The highest BCUT2D eigenvalue weighted by Gasteiger charge is 2.30. The maximum absolute atomic E-state index is 5.46. The lowest BCUT2D eigenvalue weighted by atomic mass is 10.2. The number of hydrogen-bond acceptors (Lipinski definition) is 4. The maximum Gasteiger partial charge on any atom is 0.194 e. The maximum atomic E-state index is 5.46. The lowest BCUT2D eigenvalue weighted by Gasteiger charge is -2.32. The number of rotatable bonds is 4. The first-order valence-corrected chi connectivity index (χ1v) is 8.62. The van der Waals surface area contributed by atoms with Crippen molar-refractivity contribution in [2.24, 2.45) is 4.99 Å². The van der Waals surface area contributed by atoms with Crippen LogP contribution in [0.2, 0.25) is 0 Å². The SMILES string of the molecule is CCNC(=NCc1ccccn1)N1CCC(N2CCOCC2)C1.I. The predicted molar refractivity (Wildman–Crippen MR) is 107 cm³/mol. The first kappa shape index (κ1) is 19.4. The zero-order valence-corrected chi connectivity index (χ0v) is 16.7. The number of aliphatic imine (C=N–C) groups is 1. The summed E-state index contributed by atoms with van der Waals surface area (Å²) < 4.78 is 5.46. The third-order valence-electron chi connectivity index (χ3n) is 4.48. The van der Waals surface area contributed by atoms with Crippen molar-refractivity contribution in [2.75, 3.05) is 45.9 Å². The molecule has 0 aliphatic carbocycles. The molecule has 2 aliphatic rings. The molecule has 1 aromatic rings. The molecular weight excluding hydrogens is 417 g/mol. The van der Waals surface area contributed by atoms with Crippen molar-refractivity contribution in [3.63, 3.8) is 0 Å².